The molecule has 4 N–H and O–H groups in total. The Kier molecular flexibility index (Phi) is 2.21. The van der Waals surface area contributed by atoms with E-state index in [0.717, 1.165) is 6.07 Å². The number of H-pyrrole nitrogens is 1. The number of nitrogens with one attached hydrogen (secondary N) is 1. The van der Waals surface area contributed by atoms with Gasteiger partial charge in [-0.25, -0.2) is 18.4 Å². The number of aromatic carboxylic acids is 1. The smallest absolute Gasteiger partial charge is 0.335 e. The highest BCUT2D eigenvalue weighted by molar-refractivity contribution is 7.89. The van der Waals surface area contributed by atoms with Gasteiger partial charge < -0.3 is 10.1 Å². The number of aromatic nitrogens is 1. The van der Waals surface area contributed by atoms with Gasteiger partial charge in [0.1, 0.15) is 0 Å². The molecule has 0 aliphatic heterocycles. The number of primary sulfonamides is 1. The second kappa shape index (κ2) is 3.32. The number of fused-ring (bicyclic) bond motifs is 1. The van der Waals surface area contributed by atoms with Gasteiger partial charge in [-0.1, -0.05) is 0 Å². The SMILES string of the molecule is NS(=O)(=O)c1cc(C(=O)O)cc2[nH]ccc12. The Morgan fingerprint density at radius 1 is 1.38 bits per heavy atom. The van der Waals surface area contributed by atoms with Gasteiger partial charge in [-0.15, -0.1) is 0 Å². The number of carboxylic acids is 1. The van der Waals surface area contributed by atoms with Gasteiger partial charge in [0, 0.05) is 17.1 Å². The molecule has 0 bridgehead atoms. The molecule has 84 valence electrons. The summed E-state index contributed by atoms with van der Waals surface area (Å²) in [5, 5.41) is 14.2. The summed E-state index contributed by atoms with van der Waals surface area (Å²) in [5.41, 5.74) is 0.294. The van der Waals surface area contributed by atoms with Crippen molar-refractivity contribution in [1.29, 1.82) is 0 Å². The molecule has 1 aromatic heterocycles. The molecule has 0 radical (unpaired) electrons. The zero-order chi connectivity index (χ0) is 11.9. The summed E-state index contributed by atoms with van der Waals surface area (Å²) in [6, 6.07) is 3.93. The van der Waals surface area contributed by atoms with Crippen LogP contribution in [-0.2, 0) is 10.0 Å². The Bertz CT molecular complexity index is 672. The molecular weight excluding hydrogens is 232 g/mol. The zero-order valence-corrected chi connectivity index (χ0v) is 8.78. The van der Waals surface area contributed by atoms with Gasteiger partial charge in [-0.05, 0) is 18.2 Å². The molecule has 0 saturated carbocycles. The number of hydrogen-bond donors (Lipinski definition) is 3. The number of sulfonamides is 1. The maximum absolute atomic E-state index is 11.3. The van der Waals surface area contributed by atoms with Gasteiger partial charge in [0.2, 0.25) is 10.0 Å². The number of aromatic amines is 1. The molecule has 0 fully saturated rings. The normalized spacial score (nSPS) is 11.8. The molecule has 1 aromatic carbocycles. The third-order valence-corrected chi connectivity index (χ3v) is 3.14. The summed E-state index contributed by atoms with van der Waals surface area (Å²) < 4.78 is 22.6. The van der Waals surface area contributed by atoms with Gasteiger partial charge in [-0.3, -0.25) is 0 Å². The summed E-state index contributed by atoms with van der Waals surface area (Å²) >= 11 is 0. The molecule has 0 aliphatic carbocycles. The highest BCUT2D eigenvalue weighted by atomic mass is 32.2. The molecule has 6 nitrogen and oxygen atoms in total. The Balaban J connectivity index is 2.89. The second-order valence-corrected chi connectivity index (χ2v) is 4.79. The van der Waals surface area contributed by atoms with Crippen molar-refractivity contribution in [3.05, 3.63) is 30.0 Å². The van der Waals surface area contributed by atoms with Crippen LogP contribution in [0, 0.1) is 0 Å². The van der Waals surface area contributed by atoms with Crippen molar-refractivity contribution >= 4 is 26.9 Å². The van der Waals surface area contributed by atoms with Crippen molar-refractivity contribution in [3.8, 4) is 0 Å². The quantitative estimate of drug-likeness (QED) is 0.709. The zero-order valence-electron chi connectivity index (χ0n) is 7.97. The predicted octanol–water partition coefficient (Wildman–Crippen LogP) is 0.514. The highest BCUT2D eigenvalue weighted by Crippen LogP contribution is 2.23. The number of hydrogen-bond acceptors (Lipinski definition) is 3. The first-order chi connectivity index (χ1) is 7.39. The van der Waals surface area contributed by atoms with Gasteiger partial charge in [-0.2, -0.15) is 0 Å². The van der Waals surface area contributed by atoms with Crippen LogP contribution in [0.3, 0.4) is 0 Å². The van der Waals surface area contributed by atoms with Crippen LogP contribution < -0.4 is 5.14 Å². The minimum Gasteiger partial charge on any atom is -0.478 e. The molecule has 0 aliphatic rings. The maximum Gasteiger partial charge on any atom is 0.335 e. The molecule has 0 amide bonds. The molecule has 2 aromatic rings. The summed E-state index contributed by atoms with van der Waals surface area (Å²) in [6.07, 6.45) is 1.52. The third kappa shape index (κ3) is 1.66. The number of carbonyl (C=O) groups is 1. The molecule has 0 saturated heterocycles. The summed E-state index contributed by atoms with van der Waals surface area (Å²) in [6.45, 7) is 0. The van der Waals surface area contributed by atoms with E-state index < -0.39 is 16.0 Å². The first-order valence-corrected chi connectivity index (χ1v) is 5.81. The van der Waals surface area contributed by atoms with Gasteiger partial charge in [0.25, 0.3) is 0 Å². The van der Waals surface area contributed by atoms with Crippen molar-refractivity contribution in [2.75, 3.05) is 0 Å². The lowest BCUT2D eigenvalue weighted by atomic mass is 10.1. The first kappa shape index (κ1) is 10.7. The summed E-state index contributed by atoms with van der Waals surface area (Å²) in [7, 11) is -3.94. The number of nitrogens with two attached hydrogens (primary N) is 1. The second-order valence-electron chi connectivity index (χ2n) is 3.26. The first-order valence-electron chi connectivity index (χ1n) is 4.27. The number of rotatable bonds is 2. The molecule has 2 rings (SSSR count). The number of benzene rings is 1. The minimum absolute atomic E-state index is 0.126. The fourth-order valence-electron chi connectivity index (χ4n) is 1.49. The highest BCUT2D eigenvalue weighted by Gasteiger charge is 2.17. The van der Waals surface area contributed by atoms with Gasteiger partial charge >= 0.3 is 5.97 Å². The van der Waals surface area contributed by atoms with Crippen LogP contribution in [0.2, 0.25) is 0 Å². The molecule has 0 spiro atoms. The predicted molar refractivity (Wildman–Crippen MR) is 56.6 cm³/mol. The standard InChI is InChI=1S/C9H8N2O4S/c10-16(14,15)8-4-5(9(12)13)3-7-6(8)1-2-11-7/h1-4,11H,(H,12,13)(H2,10,14,15). The van der Waals surface area contributed by atoms with E-state index in [2.05, 4.69) is 4.98 Å². The van der Waals surface area contributed by atoms with Crippen LogP contribution in [0.25, 0.3) is 10.9 Å². The van der Waals surface area contributed by atoms with E-state index in [9.17, 15) is 13.2 Å². The monoisotopic (exact) mass is 240 g/mol. The van der Waals surface area contributed by atoms with E-state index >= 15 is 0 Å². The Hall–Kier alpha value is -1.86. The average Bonchev–Trinajstić information content (AvgIpc) is 2.61. The van der Waals surface area contributed by atoms with E-state index in [1.807, 2.05) is 0 Å². The van der Waals surface area contributed by atoms with E-state index in [1.54, 1.807) is 0 Å². The fraction of sp³-hybridized carbons (Fsp3) is 0. The lowest BCUT2D eigenvalue weighted by molar-refractivity contribution is 0.0697. The van der Waals surface area contributed by atoms with E-state index in [-0.39, 0.29) is 10.5 Å². The molecule has 16 heavy (non-hydrogen) atoms. The van der Waals surface area contributed by atoms with E-state index in [1.165, 1.54) is 18.3 Å². The molecule has 1 heterocycles. The summed E-state index contributed by atoms with van der Waals surface area (Å²) in [4.78, 5) is 13.3. The Morgan fingerprint density at radius 2 is 2.06 bits per heavy atom. The van der Waals surface area contributed by atoms with Crippen LogP contribution in [0.1, 0.15) is 10.4 Å². The maximum atomic E-state index is 11.3. The van der Waals surface area contributed by atoms with Crippen molar-refractivity contribution < 1.29 is 18.3 Å². The minimum atomic E-state index is -3.94. The van der Waals surface area contributed by atoms with Crippen LogP contribution in [0.15, 0.2) is 29.3 Å². The van der Waals surface area contributed by atoms with Crippen molar-refractivity contribution in [1.82, 2.24) is 4.98 Å². The Morgan fingerprint density at radius 3 is 2.62 bits per heavy atom. The van der Waals surface area contributed by atoms with Crippen molar-refractivity contribution in [2.24, 2.45) is 5.14 Å². The van der Waals surface area contributed by atoms with Gasteiger partial charge in [0.05, 0.1) is 10.5 Å². The topological polar surface area (TPSA) is 113 Å². The fourth-order valence-corrected chi connectivity index (χ4v) is 2.27. The number of carboxylic acid groups (broad SMARTS) is 1. The lowest BCUT2D eigenvalue weighted by Gasteiger charge is -2.02. The molecule has 7 heteroatoms. The average molecular weight is 240 g/mol. The summed E-state index contributed by atoms with van der Waals surface area (Å²) in [5.74, 6) is -1.21. The van der Waals surface area contributed by atoms with E-state index in [4.69, 9.17) is 10.2 Å². The van der Waals surface area contributed by atoms with Crippen LogP contribution in [0.5, 0.6) is 0 Å². The van der Waals surface area contributed by atoms with Crippen molar-refractivity contribution in [3.63, 3.8) is 0 Å². The molecular formula is C9H8N2O4S. The largest absolute Gasteiger partial charge is 0.478 e. The van der Waals surface area contributed by atoms with E-state index in [0.29, 0.717) is 10.9 Å². The van der Waals surface area contributed by atoms with Crippen molar-refractivity contribution in [2.45, 2.75) is 4.90 Å². The molecule has 0 unspecified atom stereocenters. The molecule has 0 atom stereocenters. The van der Waals surface area contributed by atoms with Crippen LogP contribution in [-0.4, -0.2) is 24.5 Å². The lowest BCUT2D eigenvalue weighted by Crippen LogP contribution is -2.13. The Labute approximate surface area is 90.7 Å². The van der Waals surface area contributed by atoms with Crippen LogP contribution in [0.4, 0.5) is 0 Å². The third-order valence-electron chi connectivity index (χ3n) is 2.18. The van der Waals surface area contributed by atoms with Crippen LogP contribution >= 0.6 is 0 Å². The van der Waals surface area contributed by atoms with Gasteiger partial charge in [0.15, 0.2) is 0 Å².